The SMILES string of the molecule is CNCc1cc(Cl)cc(Cl)c1OCCF. The van der Waals surface area contributed by atoms with Gasteiger partial charge in [-0.25, -0.2) is 4.39 Å². The Balaban J connectivity index is 2.97. The Morgan fingerprint density at radius 1 is 1.40 bits per heavy atom. The Hall–Kier alpha value is -0.510. The maximum Gasteiger partial charge on any atom is 0.142 e. The number of benzene rings is 1. The van der Waals surface area contributed by atoms with Crippen LogP contribution in [0, 0.1) is 0 Å². The zero-order valence-corrected chi connectivity index (χ0v) is 9.83. The van der Waals surface area contributed by atoms with Crippen molar-refractivity contribution in [1.29, 1.82) is 0 Å². The van der Waals surface area contributed by atoms with Crippen LogP contribution in [0.1, 0.15) is 5.56 Å². The van der Waals surface area contributed by atoms with Crippen molar-refractivity contribution < 1.29 is 9.13 Å². The van der Waals surface area contributed by atoms with Gasteiger partial charge in [0, 0.05) is 17.1 Å². The van der Waals surface area contributed by atoms with Crippen LogP contribution in [0.25, 0.3) is 0 Å². The van der Waals surface area contributed by atoms with Crippen LogP contribution in [0.4, 0.5) is 4.39 Å². The standard InChI is InChI=1S/C10H12Cl2FNO/c1-14-6-7-4-8(11)5-9(12)10(7)15-3-2-13/h4-5,14H,2-3,6H2,1H3. The summed E-state index contributed by atoms with van der Waals surface area (Å²) in [6.45, 7) is 0.0257. The fourth-order valence-corrected chi connectivity index (χ4v) is 1.83. The first kappa shape index (κ1) is 12.6. The maximum absolute atomic E-state index is 12.0. The van der Waals surface area contributed by atoms with Crippen LogP contribution in [-0.4, -0.2) is 20.3 Å². The molecule has 0 aliphatic rings. The molecule has 0 saturated carbocycles. The van der Waals surface area contributed by atoms with E-state index in [1.165, 1.54) is 0 Å². The molecule has 0 aliphatic heterocycles. The minimum atomic E-state index is -0.544. The van der Waals surface area contributed by atoms with Crippen molar-refractivity contribution in [1.82, 2.24) is 5.32 Å². The summed E-state index contributed by atoms with van der Waals surface area (Å²) in [5.41, 5.74) is 0.823. The molecule has 84 valence electrons. The highest BCUT2D eigenvalue weighted by Gasteiger charge is 2.09. The van der Waals surface area contributed by atoms with E-state index in [-0.39, 0.29) is 6.61 Å². The van der Waals surface area contributed by atoms with Gasteiger partial charge in [0.1, 0.15) is 19.0 Å². The first-order chi connectivity index (χ1) is 7.19. The third-order valence-electron chi connectivity index (χ3n) is 1.78. The highest BCUT2D eigenvalue weighted by Crippen LogP contribution is 2.32. The topological polar surface area (TPSA) is 21.3 Å². The van der Waals surface area contributed by atoms with E-state index < -0.39 is 6.67 Å². The molecule has 1 rings (SSSR count). The summed E-state index contributed by atoms with van der Waals surface area (Å²) in [5.74, 6) is 0.494. The summed E-state index contributed by atoms with van der Waals surface area (Å²) in [4.78, 5) is 0. The summed E-state index contributed by atoms with van der Waals surface area (Å²) in [7, 11) is 1.80. The third kappa shape index (κ3) is 3.52. The first-order valence-corrected chi connectivity index (χ1v) is 5.26. The molecule has 0 bridgehead atoms. The highest BCUT2D eigenvalue weighted by atomic mass is 35.5. The predicted molar refractivity (Wildman–Crippen MR) is 60.7 cm³/mol. The van der Waals surface area contributed by atoms with E-state index >= 15 is 0 Å². The predicted octanol–water partition coefficient (Wildman–Crippen LogP) is 3.06. The van der Waals surface area contributed by atoms with Gasteiger partial charge in [0.2, 0.25) is 0 Å². The second-order valence-electron chi connectivity index (χ2n) is 2.94. The van der Waals surface area contributed by atoms with E-state index in [0.29, 0.717) is 22.3 Å². The average Bonchev–Trinajstić information content (AvgIpc) is 2.17. The summed E-state index contributed by atoms with van der Waals surface area (Å²) >= 11 is 11.8. The smallest absolute Gasteiger partial charge is 0.142 e. The van der Waals surface area contributed by atoms with Crippen molar-refractivity contribution in [3.63, 3.8) is 0 Å². The number of hydrogen-bond donors (Lipinski definition) is 1. The van der Waals surface area contributed by atoms with E-state index in [1.54, 1.807) is 19.2 Å². The van der Waals surface area contributed by atoms with Crippen molar-refractivity contribution in [2.24, 2.45) is 0 Å². The Bertz CT molecular complexity index is 333. The molecule has 5 heteroatoms. The van der Waals surface area contributed by atoms with Crippen LogP contribution in [0.15, 0.2) is 12.1 Å². The lowest BCUT2D eigenvalue weighted by atomic mass is 10.2. The van der Waals surface area contributed by atoms with Crippen molar-refractivity contribution in [2.45, 2.75) is 6.54 Å². The van der Waals surface area contributed by atoms with Gasteiger partial charge in [-0.2, -0.15) is 0 Å². The molecule has 0 unspecified atom stereocenters. The van der Waals surface area contributed by atoms with Gasteiger partial charge in [-0.1, -0.05) is 23.2 Å². The van der Waals surface area contributed by atoms with Crippen LogP contribution < -0.4 is 10.1 Å². The molecule has 2 nitrogen and oxygen atoms in total. The van der Waals surface area contributed by atoms with Gasteiger partial charge in [0.25, 0.3) is 0 Å². The van der Waals surface area contributed by atoms with Gasteiger partial charge in [-0.15, -0.1) is 0 Å². The number of rotatable bonds is 5. The van der Waals surface area contributed by atoms with Crippen LogP contribution in [0.2, 0.25) is 10.0 Å². The molecule has 1 aromatic rings. The van der Waals surface area contributed by atoms with Crippen LogP contribution >= 0.6 is 23.2 Å². The normalized spacial score (nSPS) is 10.4. The van der Waals surface area contributed by atoms with Crippen molar-refractivity contribution in [3.8, 4) is 5.75 Å². The molecule has 15 heavy (non-hydrogen) atoms. The first-order valence-electron chi connectivity index (χ1n) is 4.50. The Labute approximate surface area is 98.3 Å². The van der Waals surface area contributed by atoms with E-state index in [4.69, 9.17) is 27.9 Å². The number of alkyl halides is 1. The van der Waals surface area contributed by atoms with E-state index in [0.717, 1.165) is 5.56 Å². The second kappa shape index (κ2) is 6.16. The lowest BCUT2D eigenvalue weighted by Gasteiger charge is -2.12. The molecule has 0 radical (unpaired) electrons. The summed E-state index contributed by atoms with van der Waals surface area (Å²) in [5, 5.41) is 3.91. The Morgan fingerprint density at radius 3 is 2.73 bits per heavy atom. The number of ether oxygens (including phenoxy) is 1. The molecular formula is C10H12Cl2FNO. The van der Waals surface area contributed by atoms with E-state index in [1.807, 2.05) is 0 Å². The molecular weight excluding hydrogens is 240 g/mol. The molecule has 0 amide bonds. The molecule has 0 spiro atoms. The van der Waals surface area contributed by atoms with Gasteiger partial charge in [-0.3, -0.25) is 0 Å². The number of hydrogen-bond acceptors (Lipinski definition) is 2. The Morgan fingerprint density at radius 2 is 2.13 bits per heavy atom. The number of nitrogens with one attached hydrogen (secondary N) is 1. The van der Waals surface area contributed by atoms with Gasteiger partial charge < -0.3 is 10.1 Å². The lowest BCUT2D eigenvalue weighted by Crippen LogP contribution is -2.09. The summed E-state index contributed by atoms with van der Waals surface area (Å²) in [6, 6.07) is 3.33. The zero-order chi connectivity index (χ0) is 11.3. The van der Waals surface area contributed by atoms with Gasteiger partial charge >= 0.3 is 0 Å². The van der Waals surface area contributed by atoms with Crippen LogP contribution in [-0.2, 0) is 6.54 Å². The van der Waals surface area contributed by atoms with Crippen molar-refractivity contribution in [3.05, 3.63) is 27.7 Å². The van der Waals surface area contributed by atoms with Gasteiger partial charge in [0.05, 0.1) is 5.02 Å². The molecule has 0 aliphatic carbocycles. The van der Waals surface area contributed by atoms with Gasteiger partial charge in [0.15, 0.2) is 0 Å². The molecule has 0 fully saturated rings. The second-order valence-corrected chi connectivity index (χ2v) is 3.79. The van der Waals surface area contributed by atoms with Crippen LogP contribution in [0.5, 0.6) is 5.75 Å². The largest absolute Gasteiger partial charge is 0.489 e. The Kier molecular flexibility index (Phi) is 5.15. The van der Waals surface area contributed by atoms with E-state index in [2.05, 4.69) is 5.32 Å². The lowest BCUT2D eigenvalue weighted by molar-refractivity contribution is 0.271. The summed E-state index contributed by atoms with van der Waals surface area (Å²) < 4.78 is 17.2. The van der Waals surface area contributed by atoms with Crippen LogP contribution in [0.3, 0.4) is 0 Å². The molecule has 1 N–H and O–H groups in total. The van der Waals surface area contributed by atoms with Gasteiger partial charge in [-0.05, 0) is 19.2 Å². The number of halogens is 3. The van der Waals surface area contributed by atoms with Crippen molar-refractivity contribution in [2.75, 3.05) is 20.3 Å². The third-order valence-corrected chi connectivity index (χ3v) is 2.28. The average molecular weight is 252 g/mol. The fourth-order valence-electron chi connectivity index (χ4n) is 1.24. The fraction of sp³-hybridized carbons (Fsp3) is 0.400. The summed E-state index contributed by atoms with van der Waals surface area (Å²) in [6.07, 6.45) is 0. The maximum atomic E-state index is 12.0. The quantitative estimate of drug-likeness (QED) is 0.869. The minimum Gasteiger partial charge on any atom is -0.489 e. The molecule has 0 aromatic heterocycles. The monoisotopic (exact) mass is 251 g/mol. The van der Waals surface area contributed by atoms with Crippen molar-refractivity contribution >= 4 is 23.2 Å². The minimum absolute atomic E-state index is 0.00192. The molecule has 0 atom stereocenters. The van der Waals surface area contributed by atoms with E-state index in [9.17, 15) is 4.39 Å². The molecule has 0 saturated heterocycles. The molecule has 0 heterocycles. The zero-order valence-electron chi connectivity index (χ0n) is 8.32. The highest BCUT2D eigenvalue weighted by molar-refractivity contribution is 6.35. The molecule has 1 aromatic carbocycles.